The number of aromatic nitrogens is 2. The van der Waals surface area contributed by atoms with Gasteiger partial charge in [0.1, 0.15) is 0 Å². The fourth-order valence-electron chi connectivity index (χ4n) is 2.31. The third-order valence-corrected chi connectivity index (χ3v) is 5.81. The molecule has 1 aromatic carbocycles. The number of halogens is 1. The van der Waals surface area contributed by atoms with Gasteiger partial charge in [0.25, 0.3) is 0 Å². The zero-order valence-electron chi connectivity index (χ0n) is 12.1. The van der Waals surface area contributed by atoms with Gasteiger partial charge >= 0.3 is 0 Å². The Morgan fingerprint density at radius 2 is 1.80 bits per heavy atom. The zero-order chi connectivity index (χ0) is 14.6. The maximum Gasteiger partial charge on any atom is 0.159 e. The van der Waals surface area contributed by atoms with Crippen LogP contribution < -0.4 is 5.32 Å². The molecule has 0 atom stereocenters. The molecule has 0 aliphatic heterocycles. The van der Waals surface area contributed by atoms with E-state index in [9.17, 15) is 0 Å². The van der Waals surface area contributed by atoms with Crippen molar-refractivity contribution < 1.29 is 0 Å². The van der Waals surface area contributed by atoms with Gasteiger partial charge in [-0.2, -0.15) is 11.8 Å². The average molecular weight is 310 g/mol. The number of rotatable bonds is 6. The first-order valence-electron chi connectivity index (χ1n) is 6.85. The standard InChI is InChI=1S/C15H20ClN3S/c1-4-15(5-2,20-3)10-17-14-12-9-7-6-8-11(12)13(16)18-19-14/h6-9H,4-5,10H2,1-3H3,(H,17,19). The minimum Gasteiger partial charge on any atom is -0.367 e. The molecule has 108 valence electrons. The molecule has 0 radical (unpaired) electrons. The van der Waals surface area contributed by atoms with E-state index in [4.69, 9.17) is 11.6 Å². The van der Waals surface area contributed by atoms with Crippen molar-refractivity contribution in [3.05, 3.63) is 29.4 Å². The van der Waals surface area contributed by atoms with Crippen LogP contribution in [0.3, 0.4) is 0 Å². The molecule has 1 N–H and O–H groups in total. The van der Waals surface area contributed by atoms with Crippen LogP contribution >= 0.6 is 23.4 Å². The van der Waals surface area contributed by atoms with Gasteiger partial charge in [-0.1, -0.05) is 49.7 Å². The molecule has 20 heavy (non-hydrogen) atoms. The van der Waals surface area contributed by atoms with E-state index in [0.717, 1.165) is 36.0 Å². The third-order valence-electron chi connectivity index (χ3n) is 3.94. The number of hydrogen-bond donors (Lipinski definition) is 1. The molecule has 0 aliphatic rings. The van der Waals surface area contributed by atoms with Crippen LogP contribution in [0.15, 0.2) is 24.3 Å². The second-order valence-electron chi connectivity index (χ2n) is 4.83. The van der Waals surface area contributed by atoms with Crippen molar-refractivity contribution in [3.63, 3.8) is 0 Å². The normalized spacial score (nSPS) is 11.8. The summed E-state index contributed by atoms with van der Waals surface area (Å²) in [6, 6.07) is 7.95. The Morgan fingerprint density at radius 3 is 2.40 bits per heavy atom. The van der Waals surface area contributed by atoms with E-state index in [1.54, 1.807) is 0 Å². The summed E-state index contributed by atoms with van der Waals surface area (Å²) in [5, 5.41) is 14.1. The maximum absolute atomic E-state index is 6.10. The average Bonchev–Trinajstić information content (AvgIpc) is 2.51. The van der Waals surface area contributed by atoms with Crippen LogP contribution in [-0.2, 0) is 0 Å². The number of nitrogens with one attached hydrogen (secondary N) is 1. The molecule has 0 saturated heterocycles. The summed E-state index contributed by atoms with van der Waals surface area (Å²) in [5.41, 5.74) is 0. The molecule has 0 fully saturated rings. The Kier molecular flexibility index (Phi) is 5.11. The van der Waals surface area contributed by atoms with Gasteiger partial charge < -0.3 is 5.32 Å². The highest BCUT2D eigenvalue weighted by atomic mass is 35.5. The van der Waals surface area contributed by atoms with Gasteiger partial charge in [-0.3, -0.25) is 0 Å². The summed E-state index contributed by atoms with van der Waals surface area (Å²) in [6.45, 7) is 5.34. The molecule has 1 aromatic heterocycles. The van der Waals surface area contributed by atoms with Gasteiger partial charge in [0.2, 0.25) is 0 Å². The lowest BCUT2D eigenvalue weighted by molar-refractivity contribution is 0.574. The van der Waals surface area contributed by atoms with Gasteiger partial charge in [0.15, 0.2) is 11.0 Å². The van der Waals surface area contributed by atoms with Crippen LogP contribution in [0.25, 0.3) is 10.8 Å². The molecule has 5 heteroatoms. The fourth-order valence-corrected chi connectivity index (χ4v) is 3.30. The molecule has 0 unspecified atom stereocenters. The van der Waals surface area contributed by atoms with Crippen LogP contribution in [0.2, 0.25) is 5.15 Å². The summed E-state index contributed by atoms with van der Waals surface area (Å²) >= 11 is 8.00. The molecular formula is C15H20ClN3S. The predicted octanol–water partition coefficient (Wildman–Crippen LogP) is 4.62. The van der Waals surface area contributed by atoms with E-state index in [0.29, 0.717) is 5.15 Å². The van der Waals surface area contributed by atoms with Crippen LogP contribution in [-0.4, -0.2) is 27.7 Å². The summed E-state index contributed by atoms with van der Waals surface area (Å²) < 4.78 is 0.239. The van der Waals surface area contributed by atoms with Gasteiger partial charge in [-0.15, -0.1) is 10.2 Å². The molecular weight excluding hydrogens is 290 g/mol. The largest absolute Gasteiger partial charge is 0.367 e. The number of anilines is 1. The first-order chi connectivity index (χ1) is 9.65. The van der Waals surface area contributed by atoms with E-state index < -0.39 is 0 Å². The second-order valence-corrected chi connectivity index (χ2v) is 6.47. The van der Waals surface area contributed by atoms with Crippen LogP contribution in [0.5, 0.6) is 0 Å². The molecule has 2 aromatic rings. The molecule has 0 aliphatic carbocycles. The van der Waals surface area contributed by atoms with E-state index in [1.165, 1.54) is 0 Å². The molecule has 2 rings (SSSR count). The summed E-state index contributed by atoms with van der Waals surface area (Å²) in [5.74, 6) is 0.810. The second kappa shape index (κ2) is 6.64. The lowest BCUT2D eigenvalue weighted by Gasteiger charge is -2.30. The molecule has 0 bridgehead atoms. The first-order valence-corrected chi connectivity index (χ1v) is 8.46. The highest BCUT2D eigenvalue weighted by molar-refractivity contribution is 8.00. The summed E-state index contributed by atoms with van der Waals surface area (Å²) in [7, 11) is 0. The summed E-state index contributed by atoms with van der Waals surface area (Å²) in [4.78, 5) is 0. The van der Waals surface area contributed by atoms with Crippen LogP contribution in [0.1, 0.15) is 26.7 Å². The molecule has 0 saturated carbocycles. The van der Waals surface area contributed by atoms with E-state index >= 15 is 0 Å². The van der Waals surface area contributed by atoms with Crippen molar-refractivity contribution in [3.8, 4) is 0 Å². The van der Waals surface area contributed by atoms with E-state index in [1.807, 2.05) is 36.0 Å². The zero-order valence-corrected chi connectivity index (χ0v) is 13.7. The van der Waals surface area contributed by atoms with Gasteiger partial charge in [-0.05, 0) is 19.1 Å². The smallest absolute Gasteiger partial charge is 0.159 e. The Bertz CT molecular complexity index is 576. The van der Waals surface area contributed by atoms with Crippen molar-refractivity contribution >= 4 is 40.0 Å². The maximum atomic E-state index is 6.10. The highest BCUT2D eigenvalue weighted by Gasteiger charge is 2.25. The van der Waals surface area contributed by atoms with Crippen molar-refractivity contribution in [1.29, 1.82) is 0 Å². The monoisotopic (exact) mass is 309 g/mol. The van der Waals surface area contributed by atoms with Crippen molar-refractivity contribution in [2.24, 2.45) is 0 Å². The molecule has 3 nitrogen and oxygen atoms in total. The quantitative estimate of drug-likeness (QED) is 0.845. The SMILES string of the molecule is CCC(CC)(CNc1nnc(Cl)c2ccccc12)SC. The van der Waals surface area contributed by atoms with Gasteiger partial charge in [-0.25, -0.2) is 0 Å². The molecule has 0 spiro atoms. The Hall–Kier alpha value is -1.00. The fraction of sp³-hybridized carbons (Fsp3) is 0.467. The van der Waals surface area contributed by atoms with Crippen molar-refractivity contribution in [2.75, 3.05) is 18.1 Å². The lowest BCUT2D eigenvalue weighted by atomic mass is 10.0. The van der Waals surface area contributed by atoms with Crippen LogP contribution in [0, 0.1) is 0 Å². The third kappa shape index (κ3) is 3.01. The Balaban J connectivity index is 2.29. The lowest BCUT2D eigenvalue weighted by Crippen LogP contribution is -2.32. The predicted molar refractivity (Wildman–Crippen MR) is 89.9 cm³/mol. The molecule has 0 amide bonds. The first kappa shape index (κ1) is 15.4. The van der Waals surface area contributed by atoms with Crippen molar-refractivity contribution in [1.82, 2.24) is 10.2 Å². The number of benzene rings is 1. The minimum absolute atomic E-state index is 0.239. The number of thioether (sulfide) groups is 1. The van der Waals surface area contributed by atoms with Crippen molar-refractivity contribution in [2.45, 2.75) is 31.4 Å². The number of nitrogens with zero attached hydrogens (tertiary/aromatic N) is 2. The number of fused-ring (bicyclic) bond motifs is 1. The number of hydrogen-bond acceptors (Lipinski definition) is 4. The highest BCUT2D eigenvalue weighted by Crippen LogP contribution is 2.32. The van der Waals surface area contributed by atoms with E-state index in [-0.39, 0.29) is 4.75 Å². The summed E-state index contributed by atoms with van der Waals surface area (Å²) in [6.07, 6.45) is 4.41. The topological polar surface area (TPSA) is 37.8 Å². The minimum atomic E-state index is 0.239. The van der Waals surface area contributed by atoms with Crippen LogP contribution in [0.4, 0.5) is 5.82 Å². The Labute approximate surface area is 129 Å². The Morgan fingerprint density at radius 1 is 1.15 bits per heavy atom. The van der Waals surface area contributed by atoms with Gasteiger partial charge in [0, 0.05) is 22.1 Å². The van der Waals surface area contributed by atoms with E-state index in [2.05, 4.69) is 35.6 Å². The van der Waals surface area contributed by atoms with Gasteiger partial charge in [0.05, 0.1) is 0 Å². The molecule has 1 heterocycles.